The van der Waals surface area contributed by atoms with Gasteiger partial charge in [0.1, 0.15) is 11.2 Å². The maximum absolute atomic E-state index is 9.43. The zero-order valence-corrected chi connectivity index (χ0v) is 21.0. The predicted molar refractivity (Wildman–Crippen MR) is 175 cm³/mol. The average Bonchev–Trinajstić information content (AvgIpc) is 3.60. The van der Waals surface area contributed by atoms with Crippen LogP contribution in [0.5, 0.6) is 0 Å². The molecule has 1 heteroatoms. The molecule has 0 aliphatic carbocycles. The Morgan fingerprint density at radius 2 is 1.27 bits per heavy atom. The van der Waals surface area contributed by atoms with Gasteiger partial charge in [0, 0.05) is 16.2 Å². The highest BCUT2D eigenvalue weighted by molar-refractivity contribution is 6.26. The molecule has 0 fully saturated rings. The van der Waals surface area contributed by atoms with Crippen molar-refractivity contribution in [3.05, 3.63) is 145 Å². The molecule has 0 bridgehead atoms. The lowest BCUT2D eigenvalue weighted by Gasteiger charge is -2.15. The molecular formula is C40H24O. The van der Waals surface area contributed by atoms with Crippen LogP contribution in [-0.4, -0.2) is 0 Å². The molecule has 41 heavy (non-hydrogen) atoms. The minimum Gasteiger partial charge on any atom is -0.455 e. The lowest BCUT2D eigenvalue weighted by atomic mass is 9.88. The van der Waals surface area contributed by atoms with Gasteiger partial charge in [-0.25, -0.2) is 0 Å². The van der Waals surface area contributed by atoms with Gasteiger partial charge in [-0.1, -0.05) is 121 Å². The molecule has 0 N–H and O–H groups in total. The van der Waals surface area contributed by atoms with E-state index in [1.165, 1.54) is 0 Å². The second kappa shape index (κ2) is 8.55. The quantitative estimate of drug-likeness (QED) is 0.158. The molecule has 0 aliphatic rings. The van der Waals surface area contributed by atoms with Crippen molar-refractivity contribution < 1.29 is 26.3 Å². The Morgan fingerprint density at radius 1 is 0.488 bits per heavy atom. The number of rotatable bonds is 2. The summed E-state index contributed by atoms with van der Waals surface area (Å²) in [5.74, 6) is 0. The van der Waals surface area contributed by atoms with Crippen LogP contribution in [0.15, 0.2) is 150 Å². The number of hydrogen-bond acceptors (Lipinski definition) is 1. The van der Waals surface area contributed by atoms with Crippen LogP contribution in [0.3, 0.4) is 0 Å². The summed E-state index contributed by atoms with van der Waals surface area (Å²) in [4.78, 5) is 0. The van der Waals surface area contributed by atoms with Crippen molar-refractivity contribution in [2.45, 2.75) is 0 Å². The van der Waals surface area contributed by atoms with Crippen molar-refractivity contribution in [3.8, 4) is 22.3 Å². The van der Waals surface area contributed by atoms with E-state index in [2.05, 4.69) is 0 Å². The summed E-state index contributed by atoms with van der Waals surface area (Å²) in [6.45, 7) is 0. The van der Waals surface area contributed by atoms with E-state index in [0.29, 0.717) is 43.8 Å². The Kier molecular flexibility index (Phi) is 2.50. The molecule has 190 valence electrons. The fourth-order valence-electron chi connectivity index (χ4n) is 5.69. The van der Waals surface area contributed by atoms with Gasteiger partial charge in [0.05, 0.1) is 21.9 Å². The highest BCUT2D eigenvalue weighted by Gasteiger charge is 2.19. The van der Waals surface area contributed by atoms with Crippen LogP contribution in [0.4, 0.5) is 0 Å². The highest BCUT2D eigenvalue weighted by atomic mass is 16.3. The van der Waals surface area contributed by atoms with E-state index in [-0.39, 0.29) is 55.5 Å². The Labute approximate surface area is 259 Å². The number of furan rings is 1. The second-order valence-electron chi connectivity index (χ2n) is 9.66. The van der Waals surface area contributed by atoms with E-state index in [1.807, 2.05) is 0 Å². The molecule has 0 spiro atoms. The molecule has 9 aromatic rings. The lowest BCUT2D eigenvalue weighted by Crippen LogP contribution is -1.88. The number of hydrogen-bond donors (Lipinski definition) is 0. The minimum atomic E-state index is -0.639. The molecule has 1 nitrogen and oxygen atoms in total. The summed E-state index contributed by atoms with van der Waals surface area (Å²) in [6, 6.07) is 5.03. The van der Waals surface area contributed by atoms with Gasteiger partial charge >= 0.3 is 0 Å². The monoisotopic (exact) mass is 536 g/mol. The second-order valence-corrected chi connectivity index (χ2v) is 9.66. The third-order valence-corrected chi connectivity index (χ3v) is 7.48. The van der Waals surface area contributed by atoms with Crippen molar-refractivity contribution in [1.82, 2.24) is 0 Å². The highest BCUT2D eigenvalue weighted by Crippen LogP contribution is 2.45. The third-order valence-electron chi connectivity index (χ3n) is 7.48. The summed E-state index contributed by atoms with van der Waals surface area (Å²) in [5.41, 5.74) is 1.31. The molecule has 8 aromatic carbocycles. The van der Waals surface area contributed by atoms with Gasteiger partial charge in [0.25, 0.3) is 0 Å². The fraction of sp³-hybridized carbons (Fsp3) is 0. The molecule has 0 amide bonds. The first kappa shape index (κ1) is 12.0. The van der Waals surface area contributed by atoms with Crippen LogP contribution in [-0.2, 0) is 0 Å². The summed E-state index contributed by atoms with van der Waals surface area (Å²) in [7, 11) is 0. The van der Waals surface area contributed by atoms with Gasteiger partial charge in [0.2, 0.25) is 0 Å². The van der Waals surface area contributed by atoms with Gasteiger partial charge < -0.3 is 4.42 Å². The molecule has 0 saturated heterocycles. The van der Waals surface area contributed by atoms with Crippen molar-refractivity contribution >= 4 is 65.0 Å². The molecule has 9 rings (SSSR count). The topological polar surface area (TPSA) is 13.1 Å². The normalized spacial score (nSPS) is 17.4. The van der Waals surface area contributed by atoms with Crippen LogP contribution in [0.2, 0.25) is 0 Å². The molecule has 0 saturated carbocycles. The van der Waals surface area contributed by atoms with E-state index < -0.39 is 84.6 Å². The molecule has 0 atom stereocenters. The molecule has 1 heterocycles. The smallest absolute Gasteiger partial charge is 0.143 e. The van der Waals surface area contributed by atoms with Gasteiger partial charge in [0.15, 0.2) is 0 Å². The Balaban J connectivity index is 1.49. The summed E-state index contributed by atoms with van der Waals surface area (Å²) in [6.07, 6.45) is 0. The van der Waals surface area contributed by atoms with Crippen LogP contribution in [0, 0.1) is 0 Å². The van der Waals surface area contributed by atoms with Gasteiger partial charge in [-0.2, -0.15) is 0 Å². The van der Waals surface area contributed by atoms with E-state index >= 15 is 0 Å². The average molecular weight is 537 g/mol. The standard InChI is InChI=1S/C40H24O/c1-2-9-25(10-3-1)28-18-17-27-20-22-34-39-33(15-8-16-37(39)41-40(34)35(27)23-28)38-31-14-7-5-12-29(31)24-36-30-13-6-4-11-26(30)19-21-32(36)38/h1-24H/i1D,2D,3D,4D,5D,6D,7D,9D,10D,11D,12D,13D,14D,19D,21D,24D. The Bertz CT molecular complexity index is 3340. The van der Waals surface area contributed by atoms with E-state index in [1.54, 1.807) is 48.5 Å². The molecule has 0 unspecified atom stereocenters. The minimum absolute atomic E-state index is 0.00126. The molecule has 0 aliphatic heterocycles. The molecular weight excluding hydrogens is 496 g/mol. The summed E-state index contributed by atoms with van der Waals surface area (Å²) >= 11 is 0. The Morgan fingerprint density at radius 3 is 2.17 bits per heavy atom. The summed E-state index contributed by atoms with van der Waals surface area (Å²) < 4.78 is 146. The fourth-order valence-corrected chi connectivity index (χ4v) is 5.69. The van der Waals surface area contributed by atoms with Crippen LogP contribution >= 0.6 is 0 Å². The number of benzene rings is 8. The Hall–Kier alpha value is -5.40. The zero-order chi connectivity index (χ0) is 40.8. The van der Waals surface area contributed by atoms with Gasteiger partial charge in [-0.05, 0) is 84.2 Å². The van der Waals surface area contributed by atoms with Crippen molar-refractivity contribution in [1.29, 1.82) is 0 Å². The zero-order valence-electron chi connectivity index (χ0n) is 37.0. The van der Waals surface area contributed by atoms with Crippen LogP contribution < -0.4 is 0 Å². The molecule has 0 radical (unpaired) electrons. The largest absolute Gasteiger partial charge is 0.455 e. The van der Waals surface area contributed by atoms with Crippen molar-refractivity contribution in [2.75, 3.05) is 0 Å². The first-order valence-corrected chi connectivity index (χ1v) is 12.8. The maximum Gasteiger partial charge on any atom is 0.143 e. The van der Waals surface area contributed by atoms with Crippen molar-refractivity contribution in [2.24, 2.45) is 0 Å². The van der Waals surface area contributed by atoms with Gasteiger partial charge in [-0.15, -0.1) is 0 Å². The maximum atomic E-state index is 9.43. The summed E-state index contributed by atoms with van der Waals surface area (Å²) in [5, 5.41) is 0.949. The van der Waals surface area contributed by atoms with E-state index in [9.17, 15) is 2.74 Å². The first-order valence-electron chi connectivity index (χ1n) is 20.8. The number of fused-ring (bicyclic) bond motifs is 9. The van der Waals surface area contributed by atoms with Crippen LogP contribution in [0.25, 0.3) is 87.3 Å². The SMILES string of the molecule is [2H]c1c([2H])c([2H])c(-c2ccc3ccc4c(oc5cccc(-c6c7c([2H])c([2H])c([2H])c([2H])c7c([2H])c7c6c([2H])c([2H])c6c([2H])c([2H])c([2H])c([2H])c67)c54)c3c2)c([2H])c1[2H]. The van der Waals surface area contributed by atoms with Crippen LogP contribution in [0.1, 0.15) is 21.9 Å². The van der Waals surface area contributed by atoms with E-state index in [4.69, 9.17) is 23.6 Å². The third kappa shape index (κ3) is 3.30. The van der Waals surface area contributed by atoms with Crippen molar-refractivity contribution in [3.63, 3.8) is 0 Å². The predicted octanol–water partition coefficient (Wildman–Crippen LogP) is 11.5. The lowest BCUT2D eigenvalue weighted by molar-refractivity contribution is 0.673. The first-order chi connectivity index (χ1) is 27.0. The van der Waals surface area contributed by atoms with Gasteiger partial charge in [-0.3, -0.25) is 0 Å². The van der Waals surface area contributed by atoms with E-state index in [0.717, 1.165) is 0 Å². The molecule has 1 aromatic heterocycles.